The average Bonchev–Trinajstić information content (AvgIpc) is 2.44. The molecule has 0 aromatic heterocycles. The van der Waals surface area contributed by atoms with Crippen molar-refractivity contribution < 1.29 is 14.3 Å². The van der Waals surface area contributed by atoms with Gasteiger partial charge in [-0.15, -0.1) is 0 Å². The van der Waals surface area contributed by atoms with Crippen molar-refractivity contribution in [3.63, 3.8) is 0 Å². The first-order chi connectivity index (χ1) is 11.0. The van der Waals surface area contributed by atoms with E-state index >= 15 is 0 Å². The van der Waals surface area contributed by atoms with Crippen molar-refractivity contribution in [2.24, 2.45) is 17.3 Å². The fourth-order valence-electron chi connectivity index (χ4n) is 5.47. The Morgan fingerprint density at radius 2 is 1.50 bits per heavy atom. The van der Waals surface area contributed by atoms with E-state index in [1.165, 1.54) is 6.42 Å². The summed E-state index contributed by atoms with van der Waals surface area (Å²) in [6, 6.07) is 0. The third kappa shape index (κ3) is 3.25. The van der Waals surface area contributed by atoms with Crippen molar-refractivity contribution >= 4 is 5.97 Å². The minimum Gasteiger partial charge on any atom is -0.459 e. The monoisotopic (exact) mass is 336 g/mol. The highest BCUT2D eigenvalue weighted by atomic mass is 16.6. The van der Waals surface area contributed by atoms with E-state index in [4.69, 9.17) is 9.47 Å². The van der Waals surface area contributed by atoms with Gasteiger partial charge < -0.3 is 9.47 Å². The van der Waals surface area contributed by atoms with Crippen LogP contribution in [0.25, 0.3) is 0 Å². The SMILES string of the molecule is CCC(C)(C)OC12CC3CC(CC(OC(=O)C(C)(C)CC)(C3)C1)C2. The second-order valence-corrected chi connectivity index (χ2v) is 10.2. The number of hydrogen-bond donors (Lipinski definition) is 0. The zero-order chi connectivity index (χ0) is 17.8. The number of rotatable bonds is 6. The molecule has 0 heterocycles. The van der Waals surface area contributed by atoms with E-state index in [1.54, 1.807) is 0 Å². The van der Waals surface area contributed by atoms with Gasteiger partial charge in [-0.2, -0.15) is 0 Å². The van der Waals surface area contributed by atoms with Gasteiger partial charge in [0.05, 0.1) is 16.6 Å². The van der Waals surface area contributed by atoms with Gasteiger partial charge in [0, 0.05) is 6.42 Å². The van der Waals surface area contributed by atoms with Gasteiger partial charge >= 0.3 is 5.97 Å². The van der Waals surface area contributed by atoms with E-state index in [-0.39, 0.29) is 28.2 Å². The molecule has 4 saturated carbocycles. The molecule has 3 nitrogen and oxygen atoms in total. The first-order valence-corrected chi connectivity index (χ1v) is 9.96. The number of carbonyl (C=O) groups excluding carboxylic acids is 1. The molecule has 0 N–H and O–H groups in total. The molecule has 0 saturated heterocycles. The maximum Gasteiger partial charge on any atom is 0.312 e. The van der Waals surface area contributed by atoms with Crippen molar-refractivity contribution in [3.8, 4) is 0 Å². The van der Waals surface area contributed by atoms with Gasteiger partial charge in [0.25, 0.3) is 0 Å². The number of carbonyl (C=O) groups is 1. The van der Waals surface area contributed by atoms with Crippen LogP contribution in [0.4, 0.5) is 0 Å². The van der Waals surface area contributed by atoms with Crippen LogP contribution in [0, 0.1) is 17.3 Å². The summed E-state index contributed by atoms with van der Waals surface area (Å²) in [4.78, 5) is 12.8. The molecular weight excluding hydrogens is 300 g/mol. The largest absolute Gasteiger partial charge is 0.459 e. The van der Waals surface area contributed by atoms with Crippen molar-refractivity contribution in [3.05, 3.63) is 0 Å². The zero-order valence-corrected chi connectivity index (χ0v) is 16.5. The number of ether oxygens (including phenoxy) is 2. The van der Waals surface area contributed by atoms with E-state index in [2.05, 4.69) is 27.7 Å². The maximum absolute atomic E-state index is 12.8. The van der Waals surface area contributed by atoms with Gasteiger partial charge in [-0.25, -0.2) is 0 Å². The molecule has 4 rings (SSSR count). The fourth-order valence-corrected chi connectivity index (χ4v) is 5.47. The van der Waals surface area contributed by atoms with Crippen LogP contribution in [-0.2, 0) is 14.3 Å². The van der Waals surface area contributed by atoms with Crippen LogP contribution in [0.1, 0.15) is 92.9 Å². The number of hydrogen-bond acceptors (Lipinski definition) is 3. The van der Waals surface area contributed by atoms with Crippen LogP contribution in [0.3, 0.4) is 0 Å². The van der Waals surface area contributed by atoms with E-state index in [0.29, 0.717) is 11.8 Å². The Kier molecular flexibility index (Phi) is 4.35. The molecular formula is C21H36O3. The summed E-state index contributed by atoms with van der Waals surface area (Å²) >= 11 is 0. The van der Waals surface area contributed by atoms with Gasteiger partial charge in [-0.1, -0.05) is 13.8 Å². The number of esters is 1. The van der Waals surface area contributed by atoms with Crippen molar-refractivity contribution in [2.75, 3.05) is 0 Å². The third-order valence-electron chi connectivity index (χ3n) is 7.04. The second kappa shape index (κ2) is 5.72. The highest BCUT2D eigenvalue weighted by Crippen LogP contribution is 2.61. The molecule has 0 aliphatic heterocycles. The average molecular weight is 337 g/mol. The van der Waals surface area contributed by atoms with Crippen LogP contribution < -0.4 is 0 Å². The van der Waals surface area contributed by atoms with Crippen molar-refractivity contribution in [2.45, 2.75) is 110 Å². The molecule has 4 aliphatic carbocycles. The Bertz CT molecular complexity index is 491. The third-order valence-corrected chi connectivity index (χ3v) is 7.04. The van der Waals surface area contributed by atoms with E-state index in [0.717, 1.165) is 44.9 Å². The van der Waals surface area contributed by atoms with E-state index in [9.17, 15) is 4.79 Å². The molecule has 24 heavy (non-hydrogen) atoms. The molecule has 0 amide bonds. The molecule has 2 unspecified atom stereocenters. The Morgan fingerprint density at radius 3 is 2.00 bits per heavy atom. The van der Waals surface area contributed by atoms with Gasteiger partial charge in [-0.05, 0) is 84.5 Å². The minimum atomic E-state index is -0.389. The highest BCUT2D eigenvalue weighted by Gasteiger charge is 2.61. The van der Waals surface area contributed by atoms with Gasteiger partial charge in [-0.3, -0.25) is 4.79 Å². The first kappa shape index (κ1) is 18.2. The molecule has 2 atom stereocenters. The Labute approximate surface area is 147 Å². The molecule has 0 aromatic rings. The molecule has 3 heteroatoms. The smallest absolute Gasteiger partial charge is 0.312 e. The summed E-state index contributed by atoms with van der Waals surface area (Å²) in [6.45, 7) is 12.7. The van der Waals surface area contributed by atoms with Crippen molar-refractivity contribution in [1.82, 2.24) is 0 Å². The molecule has 0 radical (unpaired) electrons. The predicted octanol–water partition coefficient (Wildman–Crippen LogP) is 5.26. The van der Waals surface area contributed by atoms with Gasteiger partial charge in [0.1, 0.15) is 5.60 Å². The summed E-state index contributed by atoms with van der Waals surface area (Å²) in [7, 11) is 0. The lowest BCUT2D eigenvalue weighted by atomic mass is 9.52. The van der Waals surface area contributed by atoms with Gasteiger partial charge in [0.15, 0.2) is 0 Å². The summed E-state index contributed by atoms with van der Waals surface area (Å²) in [5.41, 5.74) is -0.822. The van der Waals surface area contributed by atoms with E-state index in [1.807, 2.05) is 13.8 Å². The second-order valence-electron chi connectivity index (χ2n) is 10.2. The molecule has 0 aromatic carbocycles. The van der Waals surface area contributed by atoms with E-state index < -0.39 is 0 Å². The highest BCUT2D eigenvalue weighted by molar-refractivity contribution is 5.76. The Morgan fingerprint density at radius 1 is 0.958 bits per heavy atom. The fraction of sp³-hybridized carbons (Fsp3) is 0.952. The van der Waals surface area contributed by atoms with Gasteiger partial charge in [0.2, 0.25) is 0 Å². The van der Waals surface area contributed by atoms with Crippen LogP contribution >= 0.6 is 0 Å². The normalized spacial score (nSPS) is 38.4. The van der Waals surface area contributed by atoms with Crippen LogP contribution in [-0.4, -0.2) is 22.8 Å². The van der Waals surface area contributed by atoms with Crippen LogP contribution in [0.5, 0.6) is 0 Å². The zero-order valence-electron chi connectivity index (χ0n) is 16.5. The Balaban J connectivity index is 1.82. The quantitative estimate of drug-likeness (QED) is 0.620. The lowest BCUT2D eigenvalue weighted by Crippen LogP contribution is -2.63. The molecule has 4 fully saturated rings. The summed E-state index contributed by atoms with van der Waals surface area (Å²) in [5.74, 6) is 1.31. The summed E-state index contributed by atoms with van der Waals surface area (Å²) < 4.78 is 13.0. The topological polar surface area (TPSA) is 35.5 Å². The molecule has 138 valence electrons. The lowest BCUT2D eigenvalue weighted by molar-refractivity contribution is -0.263. The summed E-state index contributed by atoms with van der Waals surface area (Å²) in [6.07, 6.45) is 8.45. The first-order valence-electron chi connectivity index (χ1n) is 9.96. The van der Waals surface area contributed by atoms with Crippen molar-refractivity contribution in [1.29, 1.82) is 0 Å². The standard InChI is InChI=1S/C21H36O3/c1-7-18(3,4)17(22)23-20-10-15-9-16(11-20)13-21(12-15,14-20)24-19(5,6)8-2/h15-16H,7-14H2,1-6H3. The molecule has 4 aliphatic rings. The lowest BCUT2D eigenvalue weighted by Gasteiger charge is -2.62. The molecule has 4 bridgehead atoms. The van der Waals surface area contributed by atoms with Crippen LogP contribution in [0.15, 0.2) is 0 Å². The predicted molar refractivity (Wildman–Crippen MR) is 95.8 cm³/mol. The summed E-state index contributed by atoms with van der Waals surface area (Å²) in [5, 5.41) is 0. The molecule has 0 spiro atoms. The van der Waals surface area contributed by atoms with Crippen LogP contribution in [0.2, 0.25) is 0 Å². The maximum atomic E-state index is 12.8. The Hall–Kier alpha value is -0.570. The minimum absolute atomic E-state index is 0.0168.